The fraction of sp³-hybridized carbons (Fsp3) is 0.182. The minimum absolute atomic E-state index is 0.118. The first-order valence-corrected chi connectivity index (χ1v) is 10.1. The number of nitrogens with zero attached hydrogens (tertiary/aromatic N) is 3. The quantitative estimate of drug-likeness (QED) is 0.537. The molecule has 0 radical (unpaired) electrons. The molecular formula is C22H20N4O2S. The van der Waals surface area contributed by atoms with E-state index in [1.54, 1.807) is 11.3 Å². The highest BCUT2D eigenvalue weighted by Gasteiger charge is 2.12. The number of hydrogen-bond acceptors (Lipinski definition) is 5. The van der Waals surface area contributed by atoms with Crippen LogP contribution in [-0.4, -0.2) is 20.7 Å². The molecule has 0 aliphatic heterocycles. The number of hydrogen-bond donors (Lipinski definition) is 1. The maximum absolute atomic E-state index is 12.5. The van der Waals surface area contributed by atoms with Gasteiger partial charge >= 0.3 is 0 Å². The van der Waals surface area contributed by atoms with Crippen molar-refractivity contribution >= 4 is 33.1 Å². The van der Waals surface area contributed by atoms with Crippen LogP contribution in [0.1, 0.15) is 35.9 Å². The van der Waals surface area contributed by atoms with Gasteiger partial charge in [-0.3, -0.25) is 9.59 Å². The number of carbonyl (C=O) groups is 1. The Labute approximate surface area is 171 Å². The summed E-state index contributed by atoms with van der Waals surface area (Å²) in [4.78, 5) is 29.0. The van der Waals surface area contributed by atoms with Crippen LogP contribution in [0.3, 0.4) is 0 Å². The van der Waals surface area contributed by atoms with Crippen molar-refractivity contribution in [3.63, 3.8) is 0 Å². The SMILES string of the molecule is Cc1ccc2nc(-c3ccc(NC(=O)c4ccc(=O)n(C(C)C)n4)cc3)sc2c1. The summed E-state index contributed by atoms with van der Waals surface area (Å²) in [7, 11) is 0. The smallest absolute Gasteiger partial charge is 0.276 e. The molecule has 0 fully saturated rings. The van der Waals surface area contributed by atoms with Gasteiger partial charge in [0.25, 0.3) is 11.5 Å². The molecule has 29 heavy (non-hydrogen) atoms. The molecule has 0 unspecified atom stereocenters. The predicted molar refractivity (Wildman–Crippen MR) is 117 cm³/mol. The lowest BCUT2D eigenvalue weighted by Gasteiger charge is -2.10. The van der Waals surface area contributed by atoms with Crippen molar-refractivity contribution in [1.82, 2.24) is 14.8 Å². The Morgan fingerprint density at radius 1 is 1.07 bits per heavy atom. The number of rotatable bonds is 4. The Morgan fingerprint density at radius 2 is 1.83 bits per heavy atom. The molecular weight excluding hydrogens is 384 g/mol. The first kappa shape index (κ1) is 19.0. The maximum Gasteiger partial charge on any atom is 0.276 e. The summed E-state index contributed by atoms with van der Waals surface area (Å²) < 4.78 is 2.45. The summed E-state index contributed by atoms with van der Waals surface area (Å²) in [6.07, 6.45) is 0. The van der Waals surface area contributed by atoms with Gasteiger partial charge in [0.1, 0.15) is 10.7 Å². The summed E-state index contributed by atoms with van der Waals surface area (Å²) in [5, 5.41) is 7.91. The number of fused-ring (bicyclic) bond motifs is 1. The number of anilines is 1. The van der Waals surface area contributed by atoms with Gasteiger partial charge in [-0.2, -0.15) is 5.10 Å². The molecule has 4 rings (SSSR count). The molecule has 0 saturated carbocycles. The highest BCUT2D eigenvalue weighted by molar-refractivity contribution is 7.21. The van der Waals surface area contributed by atoms with E-state index in [0.29, 0.717) is 5.69 Å². The van der Waals surface area contributed by atoms with Crippen molar-refractivity contribution in [3.05, 3.63) is 76.2 Å². The van der Waals surface area contributed by atoms with E-state index in [-0.39, 0.29) is 23.2 Å². The number of benzene rings is 2. The van der Waals surface area contributed by atoms with Crippen LogP contribution in [0.25, 0.3) is 20.8 Å². The monoisotopic (exact) mass is 404 g/mol. The Balaban J connectivity index is 1.54. The zero-order valence-electron chi connectivity index (χ0n) is 16.3. The molecule has 6 nitrogen and oxygen atoms in total. The molecule has 1 amide bonds. The largest absolute Gasteiger partial charge is 0.321 e. The summed E-state index contributed by atoms with van der Waals surface area (Å²) in [5.41, 5.74) is 3.81. The van der Waals surface area contributed by atoms with Crippen LogP contribution in [0.15, 0.2) is 59.4 Å². The zero-order chi connectivity index (χ0) is 20.5. The van der Waals surface area contributed by atoms with Crippen molar-refractivity contribution in [3.8, 4) is 10.6 Å². The van der Waals surface area contributed by atoms with Crippen LogP contribution in [0.4, 0.5) is 5.69 Å². The highest BCUT2D eigenvalue weighted by Crippen LogP contribution is 2.31. The topological polar surface area (TPSA) is 76.9 Å². The normalized spacial score (nSPS) is 11.2. The summed E-state index contributed by atoms with van der Waals surface area (Å²) in [6, 6.07) is 16.4. The maximum atomic E-state index is 12.5. The number of aromatic nitrogens is 3. The van der Waals surface area contributed by atoms with Gasteiger partial charge < -0.3 is 5.32 Å². The highest BCUT2D eigenvalue weighted by atomic mass is 32.1. The van der Waals surface area contributed by atoms with Crippen molar-refractivity contribution in [2.24, 2.45) is 0 Å². The number of nitrogens with one attached hydrogen (secondary N) is 1. The molecule has 7 heteroatoms. The molecule has 2 heterocycles. The molecule has 0 saturated heterocycles. The molecule has 0 aliphatic carbocycles. The third-order valence-electron chi connectivity index (χ3n) is 4.48. The molecule has 4 aromatic rings. The van der Waals surface area contributed by atoms with Gasteiger partial charge in [0.2, 0.25) is 0 Å². The van der Waals surface area contributed by atoms with Gasteiger partial charge in [-0.15, -0.1) is 11.3 Å². The minimum atomic E-state index is -0.359. The summed E-state index contributed by atoms with van der Waals surface area (Å²) >= 11 is 1.65. The fourth-order valence-electron chi connectivity index (χ4n) is 2.96. The minimum Gasteiger partial charge on any atom is -0.321 e. The molecule has 0 aliphatic rings. The first-order valence-electron chi connectivity index (χ1n) is 9.29. The molecule has 146 valence electrons. The Bertz CT molecular complexity index is 1260. The Kier molecular flexibility index (Phi) is 4.98. The van der Waals surface area contributed by atoms with Gasteiger partial charge in [0.05, 0.1) is 16.3 Å². The van der Waals surface area contributed by atoms with Crippen LogP contribution >= 0.6 is 11.3 Å². The van der Waals surface area contributed by atoms with Crippen LogP contribution in [0.5, 0.6) is 0 Å². The lowest BCUT2D eigenvalue weighted by molar-refractivity contribution is 0.101. The first-order chi connectivity index (χ1) is 13.9. The van der Waals surface area contributed by atoms with Gasteiger partial charge in [0, 0.05) is 17.3 Å². The third-order valence-corrected chi connectivity index (χ3v) is 5.55. The van der Waals surface area contributed by atoms with E-state index < -0.39 is 0 Å². The molecule has 0 spiro atoms. The van der Waals surface area contributed by atoms with Crippen molar-refractivity contribution in [2.75, 3.05) is 5.32 Å². The molecule has 0 bridgehead atoms. The second-order valence-electron chi connectivity index (χ2n) is 7.12. The van der Waals surface area contributed by atoms with Crippen LogP contribution in [-0.2, 0) is 0 Å². The number of thiazole rings is 1. The average molecular weight is 404 g/mol. The molecule has 2 aromatic carbocycles. The van der Waals surface area contributed by atoms with Gasteiger partial charge in [-0.25, -0.2) is 9.67 Å². The van der Waals surface area contributed by atoms with Gasteiger partial charge in [0.15, 0.2) is 0 Å². The fourth-order valence-corrected chi connectivity index (χ4v) is 4.03. The summed E-state index contributed by atoms with van der Waals surface area (Å²) in [5.74, 6) is -0.359. The lowest BCUT2D eigenvalue weighted by Crippen LogP contribution is -2.27. The second-order valence-corrected chi connectivity index (χ2v) is 8.15. The van der Waals surface area contributed by atoms with E-state index in [1.807, 2.05) is 44.2 Å². The van der Waals surface area contributed by atoms with Crippen molar-refractivity contribution in [2.45, 2.75) is 26.8 Å². The predicted octanol–water partition coefficient (Wildman–Crippen LogP) is 4.66. The van der Waals surface area contributed by atoms with Crippen LogP contribution < -0.4 is 10.9 Å². The number of amides is 1. The zero-order valence-corrected chi connectivity index (χ0v) is 17.2. The standard InChI is InChI=1S/C22H20N4O2S/c1-13(2)26-20(27)11-10-18(25-26)21(28)23-16-7-5-15(6-8-16)22-24-17-9-4-14(3)12-19(17)29-22/h4-13H,1-3H3,(H,23,28). The Hall–Kier alpha value is -3.32. The molecule has 0 atom stereocenters. The van der Waals surface area contributed by atoms with E-state index in [0.717, 1.165) is 20.8 Å². The van der Waals surface area contributed by atoms with E-state index in [9.17, 15) is 9.59 Å². The van der Waals surface area contributed by atoms with Crippen LogP contribution in [0.2, 0.25) is 0 Å². The van der Waals surface area contributed by atoms with Gasteiger partial charge in [-0.1, -0.05) is 6.07 Å². The number of carbonyl (C=O) groups excluding carboxylic acids is 1. The van der Waals surface area contributed by atoms with E-state index in [4.69, 9.17) is 0 Å². The lowest BCUT2D eigenvalue weighted by atomic mass is 10.2. The summed E-state index contributed by atoms with van der Waals surface area (Å²) in [6.45, 7) is 5.76. The van der Waals surface area contributed by atoms with Crippen molar-refractivity contribution in [1.29, 1.82) is 0 Å². The second kappa shape index (κ2) is 7.60. The van der Waals surface area contributed by atoms with Crippen molar-refractivity contribution < 1.29 is 4.79 Å². The molecule has 2 aromatic heterocycles. The van der Waals surface area contributed by atoms with Crippen LogP contribution in [0, 0.1) is 6.92 Å². The average Bonchev–Trinajstić information content (AvgIpc) is 3.11. The number of aryl methyl sites for hydroxylation is 1. The van der Waals surface area contributed by atoms with Gasteiger partial charge in [-0.05, 0) is 68.8 Å². The Morgan fingerprint density at radius 3 is 2.55 bits per heavy atom. The van der Waals surface area contributed by atoms with E-state index in [2.05, 4.69) is 34.5 Å². The van der Waals surface area contributed by atoms with E-state index in [1.165, 1.54) is 22.4 Å². The molecule has 1 N–H and O–H groups in total. The third kappa shape index (κ3) is 3.95. The van der Waals surface area contributed by atoms with E-state index >= 15 is 0 Å².